The Morgan fingerprint density at radius 3 is 2.77 bits per heavy atom. The van der Waals surface area contributed by atoms with Crippen LogP contribution in [-0.2, 0) is 4.74 Å². The summed E-state index contributed by atoms with van der Waals surface area (Å²) in [6, 6.07) is 3.32. The molecule has 0 aliphatic heterocycles. The van der Waals surface area contributed by atoms with Crippen LogP contribution in [-0.4, -0.2) is 30.0 Å². The van der Waals surface area contributed by atoms with Crippen molar-refractivity contribution in [2.75, 3.05) is 19.5 Å². The van der Waals surface area contributed by atoms with Crippen molar-refractivity contribution in [3.8, 4) is 5.88 Å². The molecule has 0 bridgehead atoms. The van der Waals surface area contributed by atoms with Crippen LogP contribution in [0.5, 0.6) is 5.88 Å². The molecule has 0 aliphatic rings. The Morgan fingerprint density at radius 1 is 1.46 bits per heavy atom. The lowest BCUT2D eigenvalue weighted by Gasteiger charge is -2.11. The molecule has 5 nitrogen and oxygen atoms in total. The van der Waals surface area contributed by atoms with E-state index in [2.05, 4.69) is 10.2 Å². The van der Waals surface area contributed by atoms with Gasteiger partial charge in [-0.25, -0.2) is 0 Å². The van der Waals surface area contributed by atoms with Crippen LogP contribution in [0.1, 0.15) is 6.92 Å². The third-order valence-electron chi connectivity index (χ3n) is 1.38. The van der Waals surface area contributed by atoms with E-state index < -0.39 is 0 Å². The lowest BCUT2D eigenvalue weighted by molar-refractivity contribution is 0.0883. The Morgan fingerprint density at radius 2 is 2.23 bits per heavy atom. The Hall–Kier alpha value is -1.36. The van der Waals surface area contributed by atoms with E-state index in [0.717, 1.165) is 0 Å². The predicted molar refractivity (Wildman–Crippen MR) is 48.4 cm³/mol. The largest absolute Gasteiger partial charge is 0.471 e. The van der Waals surface area contributed by atoms with Crippen molar-refractivity contribution < 1.29 is 9.47 Å². The molecule has 0 fully saturated rings. The van der Waals surface area contributed by atoms with Crippen molar-refractivity contribution >= 4 is 5.82 Å². The zero-order valence-electron chi connectivity index (χ0n) is 7.73. The first-order valence-corrected chi connectivity index (χ1v) is 3.97. The monoisotopic (exact) mass is 183 g/mol. The predicted octanol–water partition coefficient (Wildman–Crippen LogP) is 0.473. The van der Waals surface area contributed by atoms with Gasteiger partial charge in [0.25, 0.3) is 0 Å². The van der Waals surface area contributed by atoms with E-state index >= 15 is 0 Å². The van der Waals surface area contributed by atoms with Crippen molar-refractivity contribution in [1.29, 1.82) is 0 Å². The van der Waals surface area contributed by atoms with Gasteiger partial charge < -0.3 is 15.2 Å². The second kappa shape index (κ2) is 4.61. The van der Waals surface area contributed by atoms with E-state index in [0.29, 0.717) is 18.3 Å². The molecular weight excluding hydrogens is 170 g/mol. The van der Waals surface area contributed by atoms with Crippen molar-refractivity contribution in [1.82, 2.24) is 10.2 Å². The van der Waals surface area contributed by atoms with Crippen LogP contribution in [0.2, 0.25) is 0 Å². The van der Waals surface area contributed by atoms with Crippen LogP contribution in [0.3, 0.4) is 0 Å². The number of hydrogen-bond donors (Lipinski definition) is 1. The summed E-state index contributed by atoms with van der Waals surface area (Å²) in [6.07, 6.45) is -0.0390. The lowest BCUT2D eigenvalue weighted by Crippen LogP contribution is -2.18. The molecule has 0 amide bonds. The van der Waals surface area contributed by atoms with E-state index in [4.69, 9.17) is 15.2 Å². The van der Waals surface area contributed by atoms with Gasteiger partial charge in [0.15, 0.2) is 0 Å². The Bertz CT molecular complexity index is 250. The van der Waals surface area contributed by atoms with Gasteiger partial charge in [-0.2, -0.15) is 0 Å². The zero-order chi connectivity index (χ0) is 9.68. The number of nitrogen functional groups attached to an aromatic ring is 1. The Balaban J connectivity index is 2.49. The van der Waals surface area contributed by atoms with Gasteiger partial charge in [-0.15, -0.1) is 10.2 Å². The minimum absolute atomic E-state index is 0.0390. The highest BCUT2D eigenvalue weighted by Crippen LogP contribution is 2.07. The Labute approximate surface area is 76.9 Å². The molecule has 1 atom stereocenters. The van der Waals surface area contributed by atoms with Crippen molar-refractivity contribution in [2.24, 2.45) is 0 Å². The summed E-state index contributed by atoms with van der Waals surface area (Å²) in [7, 11) is 1.62. The second-order valence-electron chi connectivity index (χ2n) is 2.68. The zero-order valence-corrected chi connectivity index (χ0v) is 7.73. The number of hydrogen-bond acceptors (Lipinski definition) is 5. The number of nitrogens with zero attached hydrogens (tertiary/aromatic N) is 2. The molecule has 13 heavy (non-hydrogen) atoms. The van der Waals surface area contributed by atoms with Crippen LogP contribution >= 0.6 is 0 Å². The van der Waals surface area contributed by atoms with E-state index in [1.54, 1.807) is 19.2 Å². The summed E-state index contributed by atoms with van der Waals surface area (Å²) in [6.45, 7) is 2.41. The quantitative estimate of drug-likeness (QED) is 0.734. The van der Waals surface area contributed by atoms with Crippen LogP contribution < -0.4 is 10.5 Å². The van der Waals surface area contributed by atoms with Crippen LogP contribution in [0.25, 0.3) is 0 Å². The maximum Gasteiger partial charge on any atom is 0.233 e. The number of methoxy groups -OCH3 is 1. The SMILES string of the molecule is COCC(C)Oc1ccc(N)nn1. The first kappa shape index (κ1) is 9.73. The van der Waals surface area contributed by atoms with E-state index in [1.807, 2.05) is 6.92 Å². The minimum atomic E-state index is -0.0390. The molecule has 0 saturated heterocycles. The number of anilines is 1. The van der Waals surface area contributed by atoms with Crippen molar-refractivity contribution in [3.63, 3.8) is 0 Å². The van der Waals surface area contributed by atoms with Gasteiger partial charge in [-0.1, -0.05) is 0 Å². The summed E-state index contributed by atoms with van der Waals surface area (Å²) in [5.41, 5.74) is 5.36. The fourth-order valence-electron chi connectivity index (χ4n) is 0.868. The molecule has 1 unspecified atom stereocenters. The molecular formula is C8H13N3O2. The molecule has 1 aromatic rings. The van der Waals surface area contributed by atoms with Gasteiger partial charge in [0.1, 0.15) is 11.9 Å². The fraction of sp³-hybridized carbons (Fsp3) is 0.500. The fourth-order valence-corrected chi connectivity index (χ4v) is 0.868. The number of aromatic nitrogens is 2. The van der Waals surface area contributed by atoms with Gasteiger partial charge >= 0.3 is 0 Å². The third kappa shape index (κ3) is 3.25. The first-order valence-electron chi connectivity index (χ1n) is 3.97. The van der Waals surface area contributed by atoms with E-state index in [1.165, 1.54) is 0 Å². The Kier molecular flexibility index (Phi) is 3.45. The molecule has 0 radical (unpaired) electrons. The number of nitrogens with two attached hydrogens (primary N) is 1. The summed E-state index contributed by atoms with van der Waals surface area (Å²) in [5.74, 6) is 0.838. The number of ether oxygens (including phenoxy) is 2. The average molecular weight is 183 g/mol. The molecule has 1 aromatic heterocycles. The normalized spacial score (nSPS) is 12.5. The van der Waals surface area contributed by atoms with Gasteiger partial charge in [0, 0.05) is 13.2 Å². The van der Waals surface area contributed by atoms with Crippen LogP contribution in [0.15, 0.2) is 12.1 Å². The average Bonchev–Trinajstić information content (AvgIpc) is 2.09. The minimum Gasteiger partial charge on any atom is -0.471 e. The molecule has 2 N–H and O–H groups in total. The smallest absolute Gasteiger partial charge is 0.233 e. The van der Waals surface area contributed by atoms with E-state index in [9.17, 15) is 0 Å². The summed E-state index contributed by atoms with van der Waals surface area (Å²) in [4.78, 5) is 0. The molecule has 0 aliphatic carbocycles. The van der Waals surface area contributed by atoms with Crippen LogP contribution in [0.4, 0.5) is 5.82 Å². The maximum absolute atomic E-state index is 5.36. The molecule has 0 spiro atoms. The van der Waals surface area contributed by atoms with Gasteiger partial charge in [-0.05, 0) is 13.0 Å². The lowest BCUT2D eigenvalue weighted by atomic mass is 10.4. The molecule has 0 saturated carbocycles. The summed E-state index contributed by atoms with van der Waals surface area (Å²) < 4.78 is 10.3. The second-order valence-corrected chi connectivity index (χ2v) is 2.68. The highest BCUT2D eigenvalue weighted by atomic mass is 16.5. The van der Waals surface area contributed by atoms with Gasteiger partial charge in [-0.3, -0.25) is 0 Å². The highest BCUT2D eigenvalue weighted by molar-refractivity contribution is 5.27. The maximum atomic E-state index is 5.36. The van der Waals surface area contributed by atoms with E-state index in [-0.39, 0.29) is 6.10 Å². The molecule has 5 heteroatoms. The summed E-state index contributed by atoms with van der Waals surface area (Å²) >= 11 is 0. The van der Waals surface area contributed by atoms with Crippen molar-refractivity contribution in [2.45, 2.75) is 13.0 Å². The molecule has 0 aromatic carbocycles. The van der Waals surface area contributed by atoms with Gasteiger partial charge in [0.05, 0.1) is 6.61 Å². The standard InChI is InChI=1S/C8H13N3O2/c1-6(5-12-2)13-8-4-3-7(9)10-11-8/h3-4,6H,5H2,1-2H3,(H2,9,10). The third-order valence-corrected chi connectivity index (χ3v) is 1.38. The highest BCUT2D eigenvalue weighted by Gasteiger charge is 2.03. The van der Waals surface area contributed by atoms with Crippen LogP contribution in [0, 0.1) is 0 Å². The van der Waals surface area contributed by atoms with Crippen molar-refractivity contribution in [3.05, 3.63) is 12.1 Å². The molecule has 72 valence electrons. The first-order chi connectivity index (χ1) is 6.22. The van der Waals surface area contributed by atoms with Gasteiger partial charge in [0.2, 0.25) is 5.88 Å². The summed E-state index contributed by atoms with van der Waals surface area (Å²) in [5, 5.41) is 7.40. The molecule has 1 rings (SSSR count). The number of rotatable bonds is 4. The molecule has 1 heterocycles. The topological polar surface area (TPSA) is 70.3 Å².